The molecular formula is C21H17F2NO4. The number of nitrogens with zero attached hydrogens (tertiary/aromatic N) is 1. The summed E-state index contributed by atoms with van der Waals surface area (Å²) in [5.74, 6) is -2.27. The Morgan fingerprint density at radius 1 is 1.07 bits per heavy atom. The smallest absolute Gasteiger partial charge is 0.335 e. The van der Waals surface area contributed by atoms with E-state index in [1.807, 2.05) is 0 Å². The number of aromatic carboxylic acids is 1. The van der Waals surface area contributed by atoms with Gasteiger partial charge in [0.1, 0.15) is 24.0 Å². The summed E-state index contributed by atoms with van der Waals surface area (Å²) in [5, 5.41) is 9.19. The van der Waals surface area contributed by atoms with Crippen LogP contribution in [0.2, 0.25) is 0 Å². The lowest BCUT2D eigenvalue weighted by molar-refractivity contribution is 0.0697. The number of carboxylic acids is 1. The van der Waals surface area contributed by atoms with Crippen molar-refractivity contribution >= 4 is 5.97 Å². The van der Waals surface area contributed by atoms with E-state index in [9.17, 15) is 23.5 Å². The van der Waals surface area contributed by atoms with E-state index >= 15 is 0 Å². The third-order valence-electron chi connectivity index (χ3n) is 4.30. The lowest BCUT2D eigenvalue weighted by Gasteiger charge is -2.15. The molecular weight excluding hydrogens is 368 g/mol. The van der Waals surface area contributed by atoms with Gasteiger partial charge in [0, 0.05) is 29.5 Å². The minimum Gasteiger partial charge on any atom is -0.489 e. The zero-order valence-electron chi connectivity index (χ0n) is 15.2. The van der Waals surface area contributed by atoms with Crippen molar-refractivity contribution < 1.29 is 23.4 Å². The molecule has 28 heavy (non-hydrogen) atoms. The first-order valence-corrected chi connectivity index (χ1v) is 8.41. The van der Waals surface area contributed by atoms with Crippen molar-refractivity contribution in [1.82, 2.24) is 4.57 Å². The van der Waals surface area contributed by atoms with Crippen molar-refractivity contribution in [3.05, 3.63) is 92.9 Å². The first-order chi connectivity index (χ1) is 13.3. The first kappa shape index (κ1) is 19.3. The Morgan fingerprint density at radius 2 is 1.82 bits per heavy atom. The summed E-state index contributed by atoms with van der Waals surface area (Å²) >= 11 is 0. The van der Waals surface area contributed by atoms with Crippen molar-refractivity contribution in [2.45, 2.75) is 20.5 Å². The zero-order chi connectivity index (χ0) is 20.4. The fraction of sp³-hybridized carbons (Fsp3) is 0.143. The standard InChI is InChI=1S/C21H17F2NO4/c1-12-3-4-14(21(26)27)8-19(12)24-13(2)7-17(10-20(24)25)28-11-15-5-6-16(22)9-18(15)23/h3-10H,11H2,1-2H3,(H,26,27). The van der Waals surface area contributed by atoms with Gasteiger partial charge < -0.3 is 9.84 Å². The summed E-state index contributed by atoms with van der Waals surface area (Å²) in [6.45, 7) is 3.29. The molecule has 7 heteroatoms. The van der Waals surface area contributed by atoms with Crippen LogP contribution >= 0.6 is 0 Å². The van der Waals surface area contributed by atoms with E-state index in [1.54, 1.807) is 26.0 Å². The predicted molar refractivity (Wildman–Crippen MR) is 99.2 cm³/mol. The summed E-state index contributed by atoms with van der Waals surface area (Å²) in [6, 6.07) is 10.5. The van der Waals surface area contributed by atoms with E-state index in [-0.39, 0.29) is 23.5 Å². The molecule has 1 aromatic heterocycles. The number of pyridine rings is 1. The highest BCUT2D eigenvalue weighted by Crippen LogP contribution is 2.20. The number of rotatable bonds is 5. The van der Waals surface area contributed by atoms with Crippen LogP contribution in [-0.4, -0.2) is 15.6 Å². The maximum Gasteiger partial charge on any atom is 0.335 e. The normalized spacial score (nSPS) is 10.7. The number of ether oxygens (including phenoxy) is 1. The lowest BCUT2D eigenvalue weighted by Crippen LogP contribution is -2.21. The molecule has 3 rings (SSSR count). The fourth-order valence-electron chi connectivity index (χ4n) is 2.85. The highest BCUT2D eigenvalue weighted by atomic mass is 19.1. The molecule has 2 aromatic carbocycles. The summed E-state index contributed by atoms with van der Waals surface area (Å²) in [5.41, 5.74) is 1.52. The Labute approximate surface area is 159 Å². The van der Waals surface area contributed by atoms with Gasteiger partial charge in [0.05, 0.1) is 11.3 Å². The van der Waals surface area contributed by atoms with Crippen LogP contribution < -0.4 is 10.3 Å². The van der Waals surface area contributed by atoms with Crippen molar-refractivity contribution in [1.29, 1.82) is 0 Å². The quantitative estimate of drug-likeness (QED) is 0.721. The van der Waals surface area contributed by atoms with Gasteiger partial charge in [-0.1, -0.05) is 6.07 Å². The maximum atomic E-state index is 13.7. The number of aromatic nitrogens is 1. The van der Waals surface area contributed by atoms with Gasteiger partial charge in [0.25, 0.3) is 5.56 Å². The van der Waals surface area contributed by atoms with Gasteiger partial charge in [-0.25, -0.2) is 13.6 Å². The van der Waals surface area contributed by atoms with Gasteiger partial charge in [-0.3, -0.25) is 9.36 Å². The minimum absolute atomic E-state index is 0.0685. The van der Waals surface area contributed by atoms with Crippen molar-refractivity contribution in [2.24, 2.45) is 0 Å². The molecule has 144 valence electrons. The third kappa shape index (κ3) is 3.93. The highest BCUT2D eigenvalue weighted by molar-refractivity contribution is 5.88. The topological polar surface area (TPSA) is 68.5 Å². The van der Waals surface area contributed by atoms with Gasteiger partial charge >= 0.3 is 5.97 Å². The van der Waals surface area contributed by atoms with Crippen molar-refractivity contribution in [3.63, 3.8) is 0 Å². The van der Waals surface area contributed by atoms with Crippen molar-refractivity contribution in [2.75, 3.05) is 0 Å². The molecule has 0 bridgehead atoms. The largest absolute Gasteiger partial charge is 0.489 e. The molecule has 5 nitrogen and oxygen atoms in total. The third-order valence-corrected chi connectivity index (χ3v) is 4.30. The van der Waals surface area contributed by atoms with E-state index in [0.717, 1.165) is 17.7 Å². The van der Waals surface area contributed by atoms with E-state index < -0.39 is 23.2 Å². The number of aryl methyl sites for hydroxylation is 2. The molecule has 0 saturated heterocycles. The molecule has 0 aliphatic rings. The molecule has 1 heterocycles. The number of carbonyl (C=O) groups is 1. The molecule has 0 unspecified atom stereocenters. The predicted octanol–water partition coefficient (Wildman–Crippen LogP) is 4.01. The Balaban J connectivity index is 1.92. The summed E-state index contributed by atoms with van der Waals surface area (Å²) < 4.78 is 33.6. The van der Waals surface area contributed by atoms with Crippen LogP contribution in [0.15, 0.2) is 53.3 Å². The Bertz CT molecular complexity index is 1120. The SMILES string of the molecule is Cc1ccc(C(=O)O)cc1-n1c(C)cc(OCc2ccc(F)cc2F)cc1=O. The summed E-state index contributed by atoms with van der Waals surface area (Å²) in [6.07, 6.45) is 0. The second-order valence-corrected chi connectivity index (χ2v) is 6.34. The molecule has 3 aromatic rings. The average Bonchev–Trinajstić information content (AvgIpc) is 2.61. The monoisotopic (exact) mass is 385 g/mol. The molecule has 0 spiro atoms. The number of hydrogen-bond donors (Lipinski definition) is 1. The molecule has 0 amide bonds. The zero-order valence-corrected chi connectivity index (χ0v) is 15.2. The second kappa shape index (κ2) is 7.64. The maximum absolute atomic E-state index is 13.7. The number of carboxylic acid groups (broad SMARTS) is 1. The number of hydrogen-bond acceptors (Lipinski definition) is 3. The van der Waals surface area contributed by atoms with Gasteiger partial charge in [0.2, 0.25) is 0 Å². The van der Waals surface area contributed by atoms with Gasteiger partial charge in [-0.05, 0) is 43.7 Å². The van der Waals surface area contributed by atoms with Crippen molar-refractivity contribution in [3.8, 4) is 11.4 Å². The van der Waals surface area contributed by atoms with E-state index in [0.29, 0.717) is 11.4 Å². The lowest BCUT2D eigenvalue weighted by atomic mass is 10.1. The molecule has 0 radical (unpaired) electrons. The van der Waals surface area contributed by atoms with Gasteiger partial charge in [-0.15, -0.1) is 0 Å². The van der Waals surface area contributed by atoms with E-state index in [1.165, 1.54) is 28.8 Å². The molecule has 0 atom stereocenters. The van der Waals surface area contributed by atoms with E-state index in [4.69, 9.17) is 4.74 Å². The van der Waals surface area contributed by atoms with E-state index in [2.05, 4.69) is 0 Å². The fourth-order valence-corrected chi connectivity index (χ4v) is 2.85. The van der Waals surface area contributed by atoms with Crippen LogP contribution in [0.25, 0.3) is 5.69 Å². The molecule has 0 aliphatic carbocycles. The minimum atomic E-state index is -1.09. The molecule has 1 N–H and O–H groups in total. The van der Waals surface area contributed by atoms with Gasteiger partial charge in [0.15, 0.2) is 0 Å². The van der Waals surface area contributed by atoms with Crippen LogP contribution in [0, 0.1) is 25.5 Å². The summed E-state index contributed by atoms with van der Waals surface area (Å²) in [4.78, 5) is 23.9. The Morgan fingerprint density at radius 3 is 2.46 bits per heavy atom. The van der Waals surface area contributed by atoms with Crippen LogP contribution in [0.1, 0.15) is 27.2 Å². The Kier molecular flexibility index (Phi) is 5.26. The number of benzene rings is 2. The van der Waals surface area contributed by atoms with Crippen LogP contribution in [0.4, 0.5) is 8.78 Å². The van der Waals surface area contributed by atoms with Gasteiger partial charge in [-0.2, -0.15) is 0 Å². The number of halogens is 2. The second-order valence-electron chi connectivity index (χ2n) is 6.34. The average molecular weight is 385 g/mol. The molecule has 0 fully saturated rings. The summed E-state index contributed by atoms with van der Waals surface area (Å²) in [7, 11) is 0. The highest BCUT2D eigenvalue weighted by Gasteiger charge is 2.13. The van der Waals surface area contributed by atoms with Crippen LogP contribution in [0.3, 0.4) is 0 Å². The Hall–Kier alpha value is -3.48. The molecule has 0 aliphatic heterocycles. The molecule has 0 saturated carbocycles. The van der Waals surface area contributed by atoms with Crippen LogP contribution in [0.5, 0.6) is 5.75 Å². The van der Waals surface area contributed by atoms with Crippen LogP contribution in [-0.2, 0) is 6.61 Å². The first-order valence-electron chi connectivity index (χ1n) is 8.41.